The molecule has 0 aliphatic heterocycles. The molecular formula is C19H13ClN4O. The van der Waals surface area contributed by atoms with E-state index in [4.69, 9.17) is 16.0 Å². The van der Waals surface area contributed by atoms with Crippen LogP contribution in [-0.4, -0.2) is 4.98 Å². The molecule has 0 radical (unpaired) electrons. The van der Waals surface area contributed by atoms with Crippen LogP contribution in [0.4, 0.5) is 23.1 Å². The summed E-state index contributed by atoms with van der Waals surface area (Å²) in [5.41, 5.74) is 3.64. The number of halogens is 1. The Bertz CT molecular complexity index is 1010. The number of azo groups is 1. The van der Waals surface area contributed by atoms with Gasteiger partial charge < -0.3 is 9.73 Å². The first kappa shape index (κ1) is 15.4. The second-order valence-electron chi connectivity index (χ2n) is 5.31. The van der Waals surface area contributed by atoms with Crippen LogP contribution in [0.1, 0.15) is 0 Å². The molecule has 0 amide bonds. The van der Waals surface area contributed by atoms with E-state index < -0.39 is 0 Å². The van der Waals surface area contributed by atoms with Gasteiger partial charge in [0.25, 0.3) is 6.01 Å². The van der Waals surface area contributed by atoms with E-state index in [9.17, 15) is 0 Å². The topological polar surface area (TPSA) is 62.8 Å². The van der Waals surface area contributed by atoms with Gasteiger partial charge in [-0.1, -0.05) is 41.9 Å². The molecule has 0 atom stereocenters. The van der Waals surface area contributed by atoms with Crippen LogP contribution < -0.4 is 5.32 Å². The van der Waals surface area contributed by atoms with Gasteiger partial charge >= 0.3 is 0 Å². The third-order valence-electron chi connectivity index (χ3n) is 3.53. The van der Waals surface area contributed by atoms with E-state index in [2.05, 4.69) is 20.5 Å². The molecule has 1 heterocycles. The molecule has 0 aliphatic rings. The highest BCUT2D eigenvalue weighted by Crippen LogP contribution is 2.31. The van der Waals surface area contributed by atoms with Crippen molar-refractivity contribution in [3.05, 3.63) is 77.8 Å². The molecule has 1 aromatic heterocycles. The van der Waals surface area contributed by atoms with Gasteiger partial charge in [0.05, 0.1) is 22.1 Å². The monoisotopic (exact) mass is 348 g/mol. The lowest BCUT2D eigenvalue weighted by Gasteiger charge is -2.04. The van der Waals surface area contributed by atoms with E-state index in [1.807, 2.05) is 66.7 Å². The fraction of sp³-hybridized carbons (Fsp3) is 0. The second-order valence-corrected chi connectivity index (χ2v) is 5.72. The van der Waals surface area contributed by atoms with E-state index in [1.54, 1.807) is 6.07 Å². The zero-order valence-electron chi connectivity index (χ0n) is 13.1. The number of nitrogens with zero attached hydrogens (tertiary/aromatic N) is 3. The van der Waals surface area contributed by atoms with Crippen molar-refractivity contribution in [3.8, 4) is 0 Å². The SMILES string of the molecule is Clc1cc(N=Nc2ccccc2)ccc1Nc1nc2ccccc2o1. The smallest absolute Gasteiger partial charge is 0.300 e. The molecule has 0 bridgehead atoms. The summed E-state index contributed by atoms with van der Waals surface area (Å²) in [6.07, 6.45) is 0. The third-order valence-corrected chi connectivity index (χ3v) is 3.84. The Morgan fingerprint density at radius 3 is 2.40 bits per heavy atom. The van der Waals surface area contributed by atoms with Crippen molar-refractivity contribution in [1.29, 1.82) is 0 Å². The van der Waals surface area contributed by atoms with Crippen molar-refractivity contribution in [2.75, 3.05) is 5.32 Å². The number of rotatable bonds is 4. The predicted octanol–water partition coefficient (Wildman–Crippen LogP) is 6.64. The van der Waals surface area contributed by atoms with Crippen molar-refractivity contribution >= 4 is 45.8 Å². The van der Waals surface area contributed by atoms with E-state index in [1.165, 1.54) is 0 Å². The summed E-state index contributed by atoms with van der Waals surface area (Å²) in [7, 11) is 0. The first-order valence-corrected chi connectivity index (χ1v) is 8.05. The van der Waals surface area contributed by atoms with Crippen LogP contribution in [0.15, 0.2) is 87.4 Å². The minimum Gasteiger partial charge on any atom is -0.423 e. The average Bonchev–Trinajstić information content (AvgIpc) is 3.05. The molecule has 122 valence electrons. The van der Waals surface area contributed by atoms with Gasteiger partial charge in [0.1, 0.15) is 5.52 Å². The Hall–Kier alpha value is -3.18. The highest BCUT2D eigenvalue weighted by Gasteiger charge is 2.08. The summed E-state index contributed by atoms with van der Waals surface area (Å²) in [5.74, 6) is 0. The summed E-state index contributed by atoms with van der Waals surface area (Å²) in [6.45, 7) is 0. The number of nitrogens with one attached hydrogen (secondary N) is 1. The molecule has 0 spiro atoms. The molecule has 3 aromatic carbocycles. The van der Waals surface area contributed by atoms with Crippen molar-refractivity contribution in [2.24, 2.45) is 10.2 Å². The van der Waals surface area contributed by atoms with Crippen LogP contribution in [0.25, 0.3) is 11.1 Å². The molecule has 0 saturated carbocycles. The number of fused-ring (bicyclic) bond motifs is 1. The highest BCUT2D eigenvalue weighted by atomic mass is 35.5. The van der Waals surface area contributed by atoms with Gasteiger partial charge in [-0.05, 0) is 42.5 Å². The zero-order valence-corrected chi connectivity index (χ0v) is 13.8. The van der Waals surface area contributed by atoms with Gasteiger partial charge in [-0.15, -0.1) is 0 Å². The molecular weight excluding hydrogens is 336 g/mol. The lowest BCUT2D eigenvalue weighted by Crippen LogP contribution is -1.90. The summed E-state index contributed by atoms with van der Waals surface area (Å²) in [6, 6.07) is 22.8. The van der Waals surface area contributed by atoms with Crippen molar-refractivity contribution in [3.63, 3.8) is 0 Å². The van der Waals surface area contributed by atoms with Gasteiger partial charge in [0.15, 0.2) is 5.58 Å². The molecule has 0 unspecified atom stereocenters. The third kappa shape index (κ3) is 3.51. The van der Waals surface area contributed by atoms with E-state index in [-0.39, 0.29) is 0 Å². The molecule has 5 nitrogen and oxygen atoms in total. The fourth-order valence-corrected chi connectivity index (χ4v) is 2.54. The van der Waals surface area contributed by atoms with E-state index in [0.29, 0.717) is 22.4 Å². The quantitative estimate of drug-likeness (QED) is 0.420. The first-order chi connectivity index (χ1) is 12.3. The van der Waals surface area contributed by atoms with Gasteiger partial charge in [-0.2, -0.15) is 15.2 Å². The molecule has 0 fully saturated rings. The minimum atomic E-state index is 0.391. The Balaban J connectivity index is 1.54. The van der Waals surface area contributed by atoms with E-state index >= 15 is 0 Å². The fourth-order valence-electron chi connectivity index (χ4n) is 2.32. The molecule has 25 heavy (non-hydrogen) atoms. The van der Waals surface area contributed by atoms with Gasteiger partial charge in [0, 0.05) is 0 Å². The highest BCUT2D eigenvalue weighted by molar-refractivity contribution is 6.33. The Morgan fingerprint density at radius 1 is 0.840 bits per heavy atom. The number of hydrogen-bond acceptors (Lipinski definition) is 5. The predicted molar refractivity (Wildman–Crippen MR) is 99.4 cm³/mol. The number of oxazole rings is 1. The lowest BCUT2D eigenvalue weighted by molar-refractivity contribution is 0.623. The van der Waals surface area contributed by atoms with Crippen LogP contribution in [0.2, 0.25) is 5.02 Å². The Kier molecular flexibility index (Phi) is 4.14. The lowest BCUT2D eigenvalue weighted by atomic mass is 10.3. The molecule has 0 saturated heterocycles. The molecule has 1 N–H and O–H groups in total. The number of aromatic nitrogens is 1. The standard InChI is InChI=1S/C19H13ClN4O/c20-15-12-14(24-23-13-6-2-1-3-7-13)10-11-16(15)21-19-22-17-8-4-5-9-18(17)25-19/h1-12H,(H,21,22). The normalized spacial score (nSPS) is 11.2. The van der Waals surface area contributed by atoms with Crippen LogP contribution in [0.3, 0.4) is 0 Å². The summed E-state index contributed by atoms with van der Waals surface area (Å²) < 4.78 is 5.64. The summed E-state index contributed by atoms with van der Waals surface area (Å²) >= 11 is 6.33. The average molecular weight is 349 g/mol. The summed E-state index contributed by atoms with van der Waals surface area (Å²) in [4.78, 5) is 4.37. The Labute approximate surface area is 149 Å². The molecule has 6 heteroatoms. The van der Waals surface area contributed by atoms with Crippen LogP contribution >= 0.6 is 11.6 Å². The van der Waals surface area contributed by atoms with Crippen molar-refractivity contribution in [1.82, 2.24) is 4.98 Å². The van der Waals surface area contributed by atoms with E-state index in [0.717, 1.165) is 16.8 Å². The van der Waals surface area contributed by atoms with Gasteiger partial charge in [-0.25, -0.2) is 0 Å². The minimum absolute atomic E-state index is 0.391. The van der Waals surface area contributed by atoms with Gasteiger partial charge in [-0.3, -0.25) is 0 Å². The van der Waals surface area contributed by atoms with Crippen LogP contribution in [-0.2, 0) is 0 Å². The van der Waals surface area contributed by atoms with Crippen LogP contribution in [0.5, 0.6) is 0 Å². The van der Waals surface area contributed by atoms with Gasteiger partial charge in [0.2, 0.25) is 0 Å². The first-order valence-electron chi connectivity index (χ1n) is 7.67. The number of anilines is 2. The molecule has 4 aromatic rings. The Morgan fingerprint density at radius 2 is 1.60 bits per heavy atom. The van der Waals surface area contributed by atoms with Crippen LogP contribution in [0, 0.1) is 0 Å². The number of para-hydroxylation sites is 2. The maximum absolute atomic E-state index is 6.33. The van der Waals surface area contributed by atoms with Crippen molar-refractivity contribution < 1.29 is 4.42 Å². The second kappa shape index (κ2) is 6.75. The number of hydrogen-bond donors (Lipinski definition) is 1. The maximum Gasteiger partial charge on any atom is 0.300 e. The largest absolute Gasteiger partial charge is 0.423 e. The molecule has 4 rings (SSSR count). The number of benzene rings is 3. The molecule has 0 aliphatic carbocycles. The summed E-state index contributed by atoms with van der Waals surface area (Å²) in [5, 5.41) is 12.0. The maximum atomic E-state index is 6.33. The van der Waals surface area contributed by atoms with Crippen molar-refractivity contribution in [2.45, 2.75) is 0 Å². The zero-order chi connectivity index (χ0) is 17.1.